The lowest BCUT2D eigenvalue weighted by Gasteiger charge is -2.25. The third-order valence-corrected chi connectivity index (χ3v) is 3.63. The Labute approximate surface area is 135 Å². The molecule has 1 aromatic carbocycles. The van der Waals surface area contributed by atoms with E-state index >= 15 is 0 Å². The minimum Gasteiger partial charge on any atom is -0.496 e. The van der Waals surface area contributed by atoms with Gasteiger partial charge in [0.2, 0.25) is 0 Å². The van der Waals surface area contributed by atoms with E-state index in [2.05, 4.69) is 0 Å². The zero-order valence-corrected chi connectivity index (χ0v) is 14.1. The summed E-state index contributed by atoms with van der Waals surface area (Å²) < 4.78 is 16.6. The van der Waals surface area contributed by atoms with Crippen molar-refractivity contribution in [3.05, 3.63) is 40.2 Å². The number of fused-ring (bicyclic) bond motifs is 1. The van der Waals surface area contributed by atoms with E-state index in [1.165, 1.54) is 6.07 Å². The largest absolute Gasteiger partial charge is 0.496 e. The summed E-state index contributed by atoms with van der Waals surface area (Å²) >= 11 is 0. The summed E-state index contributed by atoms with van der Waals surface area (Å²) in [6.07, 6.45) is 0.757. The van der Waals surface area contributed by atoms with Crippen molar-refractivity contribution in [3.63, 3.8) is 0 Å². The predicted octanol–water partition coefficient (Wildman–Crippen LogP) is 2.91. The Kier molecular flexibility index (Phi) is 5.44. The molecule has 0 bridgehead atoms. The van der Waals surface area contributed by atoms with Gasteiger partial charge < -0.3 is 19.0 Å². The van der Waals surface area contributed by atoms with Crippen molar-refractivity contribution in [2.45, 2.75) is 45.3 Å². The molecule has 126 valence electrons. The van der Waals surface area contributed by atoms with E-state index in [1.54, 1.807) is 27.0 Å². The Morgan fingerprint density at radius 1 is 1.26 bits per heavy atom. The van der Waals surface area contributed by atoms with E-state index in [4.69, 9.17) is 13.9 Å². The molecule has 0 radical (unpaired) electrons. The average Bonchev–Trinajstić information content (AvgIpc) is 2.46. The van der Waals surface area contributed by atoms with Crippen LogP contribution in [0.5, 0.6) is 5.75 Å². The molecule has 0 spiro atoms. The summed E-state index contributed by atoms with van der Waals surface area (Å²) in [5.74, 6) is 0.646. The average molecular weight is 320 g/mol. The fraction of sp³-hybridized carbons (Fsp3) is 0.500. The Hall–Kier alpha value is -1.85. The van der Waals surface area contributed by atoms with E-state index < -0.39 is 11.2 Å². The molecule has 2 aromatic rings. The van der Waals surface area contributed by atoms with Crippen LogP contribution in [0.2, 0.25) is 0 Å². The molecule has 0 saturated heterocycles. The zero-order chi connectivity index (χ0) is 17.0. The van der Waals surface area contributed by atoms with E-state index in [0.717, 1.165) is 10.9 Å². The first-order chi connectivity index (χ1) is 10.8. The van der Waals surface area contributed by atoms with Gasteiger partial charge in [-0.05, 0) is 39.0 Å². The summed E-state index contributed by atoms with van der Waals surface area (Å²) in [5.41, 5.74) is 0.0449. The second kappa shape index (κ2) is 7.15. The first kappa shape index (κ1) is 17.5. The van der Waals surface area contributed by atoms with Gasteiger partial charge in [0.25, 0.3) is 0 Å². The Morgan fingerprint density at radius 2 is 1.96 bits per heavy atom. The molecular weight excluding hydrogens is 296 g/mol. The molecule has 0 aliphatic rings. The maximum Gasteiger partial charge on any atom is 0.336 e. The van der Waals surface area contributed by atoms with Gasteiger partial charge in [-0.2, -0.15) is 0 Å². The van der Waals surface area contributed by atoms with E-state index in [1.807, 2.05) is 19.1 Å². The maximum atomic E-state index is 11.6. The molecule has 1 aromatic heterocycles. The van der Waals surface area contributed by atoms with Gasteiger partial charge in [-0.1, -0.05) is 0 Å². The molecule has 1 unspecified atom stereocenters. The first-order valence-electron chi connectivity index (χ1n) is 7.77. The zero-order valence-electron chi connectivity index (χ0n) is 14.1. The molecule has 23 heavy (non-hydrogen) atoms. The normalized spacial score (nSPS) is 13.3. The molecule has 5 nitrogen and oxygen atoms in total. The fourth-order valence-corrected chi connectivity index (χ4v) is 2.77. The van der Waals surface area contributed by atoms with E-state index in [-0.39, 0.29) is 6.10 Å². The van der Waals surface area contributed by atoms with Crippen molar-refractivity contribution >= 4 is 11.0 Å². The van der Waals surface area contributed by atoms with Gasteiger partial charge in [-0.3, -0.25) is 0 Å². The number of methoxy groups -OCH3 is 1. The smallest absolute Gasteiger partial charge is 0.336 e. The highest BCUT2D eigenvalue weighted by molar-refractivity contribution is 5.82. The fourth-order valence-electron chi connectivity index (χ4n) is 2.77. The lowest BCUT2D eigenvalue weighted by atomic mass is 9.95. The summed E-state index contributed by atoms with van der Waals surface area (Å²) in [7, 11) is 1.58. The third kappa shape index (κ3) is 4.56. The van der Waals surface area contributed by atoms with Gasteiger partial charge in [0.1, 0.15) is 11.3 Å². The Morgan fingerprint density at radius 3 is 2.57 bits per heavy atom. The summed E-state index contributed by atoms with van der Waals surface area (Å²) in [5, 5.41) is 10.9. The minimum absolute atomic E-state index is 0.204. The minimum atomic E-state index is -0.849. The maximum absolute atomic E-state index is 11.6. The number of hydrogen-bond donors (Lipinski definition) is 1. The molecule has 0 aliphatic heterocycles. The topological polar surface area (TPSA) is 68.9 Å². The molecule has 0 fully saturated rings. The molecule has 1 heterocycles. The highest BCUT2D eigenvalue weighted by atomic mass is 16.5. The van der Waals surface area contributed by atoms with Gasteiger partial charge in [0.05, 0.1) is 18.8 Å². The van der Waals surface area contributed by atoms with Crippen LogP contribution in [0.4, 0.5) is 0 Å². The van der Waals surface area contributed by atoms with Crippen LogP contribution in [0.15, 0.2) is 33.5 Å². The number of ether oxygens (including phenoxy) is 2. The van der Waals surface area contributed by atoms with Crippen molar-refractivity contribution in [2.75, 3.05) is 13.7 Å². The summed E-state index contributed by atoms with van der Waals surface area (Å²) in [4.78, 5) is 11.6. The van der Waals surface area contributed by atoms with Gasteiger partial charge in [0, 0.05) is 36.5 Å². The molecular formula is C18H24O5. The highest BCUT2D eigenvalue weighted by Crippen LogP contribution is 2.30. The Balaban J connectivity index is 2.46. The van der Waals surface area contributed by atoms with Crippen molar-refractivity contribution in [3.8, 4) is 5.75 Å². The molecule has 0 amide bonds. The van der Waals surface area contributed by atoms with E-state index in [0.29, 0.717) is 30.8 Å². The number of aliphatic hydroxyl groups is 1. The predicted molar refractivity (Wildman–Crippen MR) is 89.1 cm³/mol. The highest BCUT2D eigenvalue weighted by Gasteiger charge is 2.24. The first-order valence-corrected chi connectivity index (χ1v) is 7.77. The molecule has 5 heteroatoms. The lowest BCUT2D eigenvalue weighted by Crippen LogP contribution is -2.29. The van der Waals surface area contributed by atoms with Crippen molar-refractivity contribution in [2.24, 2.45) is 0 Å². The molecule has 0 aliphatic carbocycles. The third-order valence-electron chi connectivity index (χ3n) is 3.63. The van der Waals surface area contributed by atoms with Gasteiger partial charge in [-0.15, -0.1) is 0 Å². The van der Waals surface area contributed by atoms with Crippen LogP contribution >= 0.6 is 0 Å². The molecule has 1 N–H and O–H groups in total. The monoisotopic (exact) mass is 320 g/mol. The van der Waals surface area contributed by atoms with Gasteiger partial charge >= 0.3 is 5.63 Å². The van der Waals surface area contributed by atoms with Gasteiger partial charge in [-0.25, -0.2) is 4.79 Å². The molecule has 2 rings (SSSR count). The van der Waals surface area contributed by atoms with Crippen LogP contribution in [0, 0.1) is 0 Å². The quantitative estimate of drug-likeness (QED) is 0.794. The second-order valence-electron chi connectivity index (χ2n) is 6.22. The Bertz CT molecular complexity index is 711. The number of rotatable bonds is 7. The van der Waals surface area contributed by atoms with Crippen LogP contribution in [-0.2, 0) is 11.2 Å². The van der Waals surface area contributed by atoms with Crippen LogP contribution in [0.25, 0.3) is 11.0 Å². The summed E-state index contributed by atoms with van der Waals surface area (Å²) in [6, 6.07) is 6.84. The van der Waals surface area contributed by atoms with Crippen LogP contribution in [-0.4, -0.2) is 30.5 Å². The second-order valence-corrected chi connectivity index (χ2v) is 6.22. The van der Waals surface area contributed by atoms with Crippen molar-refractivity contribution < 1.29 is 19.0 Å². The standard InChI is InChI=1S/C18H24O5/c1-5-22-13(11-18(2,3)20)10-14-15(21-4)8-6-12-7-9-16(19)23-17(12)14/h6-9,13,20H,5,10-11H2,1-4H3. The number of hydrogen-bond acceptors (Lipinski definition) is 5. The van der Waals surface area contributed by atoms with E-state index in [9.17, 15) is 9.90 Å². The van der Waals surface area contributed by atoms with Crippen LogP contribution in [0.1, 0.15) is 32.8 Å². The van der Waals surface area contributed by atoms with Crippen molar-refractivity contribution in [1.82, 2.24) is 0 Å². The summed E-state index contributed by atoms with van der Waals surface area (Å²) in [6.45, 7) is 5.95. The van der Waals surface area contributed by atoms with Crippen LogP contribution < -0.4 is 10.4 Å². The molecule has 0 saturated carbocycles. The van der Waals surface area contributed by atoms with Crippen LogP contribution in [0.3, 0.4) is 0 Å². The van der Waals surface area contributed by atoms with Crippen molar-refractivity contribution in [1.29, 1.82) is 0 Å². The van der Waals surface area contributed by atoms with Gasteiger partial charge in [0.15, 0.2) is 0 Å². The molecule has 1 atom stereocenters. The number of benzene rings is 1. The SMILES string of the molecule is CCOC(Cc1c(OC)ccc2ccc(=O)oc12)CC(C)(C)O. The lowest BCUT2D eigenvalue weighted by molar-refractivity contribution is -0.0161.